The fraction of sp³-hybridized carbons (Fsp3) is 0.176. The first-order valence-corrected chi connectivity index (χ1v) is 9.25. The van der Waals surface area contributed by atoms with Crippen molar-refractivity contribution in [2.75, 3.05) is 5.01 Å². The highest BCUT2D eigenvalue weighted by Gasteiger charge is 2.43. The standard InChI is InChI=1S/C17H14F3N3O3S/c18-17(19,20)16-10-15(23(22-16)13-4-2-1-3-5-13)12-6-8-14(9-7-12)27(25,26)21-11-24/h1-9,11,15H,10H2,(H,21,24). The van der Waals surface area contributed by atoms with E-state index in [1.807, 2.05) is 0 Å². The van der Waals surface area contributed by atoms with Crippen molar-refractivity contribution in [3.8, 4) is 0 Å². The Kier molecular flexibility index (Phi) is 4.92. The molecule has 6 nitrogen and oxygen atoms in total. The molecule has 0 saturated carbocycles. The molecule has 142 valence electrons. The maximum Gasteiger partial charge on any atom is 0.431 e. The second kappa shape index (κ2) is 7.03. The number of halogens is 3. The van der Waals surface area contributed by atoms with Crippen molar-refractivity contribution in [2.45, 2.75) is 23.5 Å². The molecule has 0 radical (unpaired) electrons. The first-order chi connectivity index (χ1) is 12.7. The van der Waals surface area contributed by atoms with Gasteiger partial charge in [0.25, 0.3) is 10.0 Å². The van der Waals surface area contributed by atoms with Crippen LogP contribution < -0.4 is 9.73 Å². The van der Waals surface area contributed by atoms with Crippen LogP contribution in [0.1, 0.15) is 18.0 Å². The molecule has 1 aliphatic heterocycles. The fourth-order valence-electron chi connectivity index (χ4n) is 2.76. The topological polar surface area (TPSA) is 78.8 Å². The van der Waals surface area contributed by atoms with Crippen LogP contribution in [-0.2, 0) is 14.8 Å². The molecule has 0 aromatic heterocycles. The van der Waals surface area contributed by atoms with E-state index in [1.54, 1.807) is 35.1 Å². The lowest BCUT2D eigenvalue weighted by Gasteiger charge is -2.24. The predicted molar refractivity (Wildman–Crippen MR) is 92.6 cm³/mol. The second-order valence-corrected chi connectivity index (χ2v) is 7.47. The smallest absolute Gasteiger partial charge is 0.278 e. The lowest BCUT2D eigenvalue weighted by atomic mass is 10.0. The minimum Gasteiger partial charge on any atom is -0.278 e. The van der Waals surface area contributed by atoms with Crippen molar-refractivity contribution < 1.29 is 26.4 Å². The van der Waals surface area contributed by atoms with Crippen LogP contribution in [0.3, 0.4) is 0 Å². The van der Waals surface area contributed by atoms with E-state index in [9.17, 15) is 26.4 Å². The van der Waals surface area contributed by atoms with Crippen molar-refractivity contribution in [3.63, 3.8) is 0 Å². The van der Waals surface area contributed by atoms with Gasteiger partial charge in [0.15, 0.2) is 0 Å². The van der Waals surface area contributed by atoms with Crippen LogP contribution in [0.15, 0.2) is 64.6 Å². The van der Waals surface area contributed by atoms with Crippen LogP contribution in [0.2, 0.25) is 0 Å². The number of amides is 1. The average Bonchev–Trinajstić information content (AvgIpc) is 3.08. The molecule has 1 unspecified atom stereocenters. The molecule has 0 spiro atoms. The maximum absolute atomic E-state index is 13.2. The summed E-state index contributed by atoms with van der Waals surface area (Å²) < 4.78 is 64.8. The summed E-state index contributed by atoms with van der Waals surface area (Å²) in [4.78, 5) is 10.2. The van der Waals surface area contributed by atoms with Gasteiger partial charge in [-0.3, -0.25) is 14.5 Å². The third kappa shape index (κ3) is 3.95. The summed E-state index contributed by atoms with van der Waals surface area (Å²) >= 11 is 0. The molecule has 0 aliphatic carbocycles. The molecule has 27 heavy (non-hydrogen) atoms. The number of nitrogens with zero attached hydrogens (tertiary/aromatic N) is 2. The Morgan fingerprint density at radius 3 is 2.26 bits per heavy atom. The lowest BCUT2D eigenvalue weighted by molar-refractivity contribution is -0.108. The molecule has 1 heterocycles. The second-order valence-electron chi connectivity index (χ2n) is 5.75. The third-order valence-electron chi connectivity index (χ3n) is 4.04. The molecule has 0 fully saturated rings. The van der Waals surface area contributed by atoms with Gasteiger partial charge in [-0.05, 0) is 29.8 Å². The SMILES string of the molecule is O=CNS(=O)(=O)c1ccc(C2CC(C(F)(F)F)=NN2c2ccccc2)cc1. The quantitative estimate of drug-likeness (QED) is 0.787. The number of sulfonamides is 1. The number of hydrazone groups is 1. The van der Waals surface area contributed by atoms with Crippen LogP contribution >= 0.6 is 0 Å². The highest BCUT2D eigenvalue weighted by molar-refractivity contribution is 7.90. The van der Waals surface area contributed by atoms with E-state index >= 15 is 0 Å². The summed E-state index contributed by atoms with van der Waals surface area (Å²) in [6.45, 7) is 0. The Morgan fingerprint density at radius 1 is 1.07 bits per heavy atom. The monoisotopic (exact) mass is 397 g/mol. The number of para-hydroxylation sites is 1. The van der Waals surface area contributed by atoms with Gasteiger partial charge in [0.1, 0.15) is 5.71 Å². The Bertz CT molecular complexity index is 958. The van der Waals surface area contributed by atoms with Crippen molar-refractivity contribution >= 4 is 27.8 Å². The summed E-state index contributed by atoms with van der Waals surface area (Å²) in [6, 6.07) is 13.0. The van der Waals surface area contributed by atoms with Gasteiger partial charge < -0.3 is 0 Å². The molecule has 1 atom stereocenters. The molecule has 0 saturated heterocycles. The maximum atomic E-state index is 13.2. The molecule has 10 heteroatoms. The van der Waals surface area contributed by atoms with Crippen molar-refractivity contribution in [2.24, 2.45) is 5.10 Å². The van der Waals surface area contributed by atoms with Gasteiger partial charge in [-0.1, -0.05) is 30.3 Å². The van der Waals surface area contributed by atoms with Crippen LogP contribution in [0.5, 0.6) is 0 Å². The predicted octanol–water partition coefficient (Wildman–Crippen LogP) is 2.99. The number of rotatable bonds is 5. The first-order valence-electron chi connectivity index (χ1n) is 7.77. The highest BCUT2D eigenvalue weighted by Crippen LogP contribution is 2.39. The molecule has 2 aromatic rings. The minimum absolute atomic E-state index is 0.0425. The molecule has 0 bridgehead atoms. The number of benzene rings is 2. The molecule has 1 N–H and O–H groups in total. The van der Waals surface area contributed by atoms with Crippen LogP contribution in [0.25, 0.3) is 0 Å². The van der Waals surface area contributed by atoms with E-state index in [-0.39, 0.29) is 17.7 Å². The van der Waals surface area contributed by atoms with Gasteiger partial charge in [0.2, 0.25) is 6.41 Å². The van der Waals surface area contributed by atoms with E-state index in [1.165, 1.54) is 29.3 Å². The Hall–Kier alpha value is -2.88. The molecule has 3 rings (SSSR count). The zero-order valence-corrected chi connectivity index (χ0v) is 14.5. The lowest BCUT2D eigenvalue weighted by Crippen LogP contribution is -2.22. The highest BCUT2D eigenvalue weighted by atomic mass is 32.2. The molecular formula is C17H14F3N3O3S. The van der Waals surface area contributed by atoms with Crippen molar-refractivity contribution in [1.29, 1.82) is 0 Å². The number of carbonyl (C=O) groups excluding carboxylic acids is 1. The van der Waals surface area contributed by atoms with E-state index in [4.69, 9.17) is 0 Å². The van der Waals surface area contributed by atoms with E-state index < -0.39 is 28.0 Å². The van der Waals surface area contributed by atoms with E-state index in [2.05, 4.69) is 5.10 Å². The average molecular weight is 397 g/mol. The van der Waals surface area contributed by atoms with Gasteiger partial charge in [-0.25, -0.2) is 8.42 Å². The van der Waals surface area contributed by atoms with Crippen molar-refractivity contribution in [3.05, 3.63) is 60.2 Å². The van der Waals surface area contributed by atoms with Crippen LogP contribution in [-0.4, -0.2) is 26.7 Å². The zero-order valence-electron chi connectivity index (χ0n) is 13.7. The summed E-state index contributed by atoms with van der Waals surface area (Å²) in [7, 11) is -3.99. The third-order valence-corrected chi connectivity index (χ3v) is 5.34. The molecule has 1 amide bonds. The van der Waals surface area contributed by atoms with Crippen LogP contribution in [0.4, 0.5) is 18.9 Å². The summed E-state index contributed by atoms with van der Waals surface area (Å²) in [5.41, 5.74) is 0.0450. The number of anilines is 1. The largest absolute Gasteiger partial charge is 0.431 e. The molecule has 2 aromatic carbocycles. The Balaban J connectivity index is 1.96. The molecule has 1 aliphatic rings. The van der Waals surface area contributed by atoms with E-state index in [0.717, 1.165) is 0 Å². The zero-order chi connectivity index (χ0) is 19.7. The summed E-state index contributed by atoms with van der Waals surface area (Å²) in [6.07, 6.45) is -4.88. The van der Waals surface area contributed by atoms with Gasteiger partial charge in [-0.15, -0.1) is 0 Å². The minimum atomic E-state index is -4.56. The number of alkyl halides is 3. The normalized spacial score (nSPS) is 17.5. The number of nitrogens with one attached hydrogen (secondary N) is 1. The van der Waals surface area contributed by atoms with Gasteiger partial charge >= 0.3 is 6.18 Å². The number of hydrogen-bond donors (Lipinski definition) is 1. The van der Waals surface area contributed by atoms with Gasteiger partial charge in [-0.2, -0.15) is 18.3 Å². The summed E-state index contributed by atoms with van der Waals surface area (Å²) in [5, 5.41) is 5.01. The van der Waals surface area contributed by atoms with Gasteiger partial charge in [0.05, 0.1) is 16.6 Å². The molecular weight excluding hydrogens is 383 g/mol. The fourth-order valence-corrected chi connectivity index (χ4v) is 3.52. The first kappa shape index (κ1) is 18.9. The Labute approximate surface area is 153 Å². The van der Waals surface area contributed by atoms with Crippen LogP contribution in [0, 0.1) is 0 Å². The van der Waals surface area contributed by atoms with Gasteiger partial charge in [0, 0.05) is 6.42 Å². The van der Waals surface area contributed by atoms with Crippen molar-refractivity contribution in [1.82, 2.24) is 4.72 Å². The summed E-state index contributed by atoms with van der Waals surface area (Å²) in [5.74, 6) is 0. The number of hydrogen-bond acceptors (Lipinski definition) is 5. The Morgan fingerprint density at radius 2 is 1.70 bits per heavy atom. The van der Waals surface area contributed by atoms with E-state index in [0.29, 0.717) is 11.3 Å². The number of carbonyl (C=O) groups is 1.